The summed E-state index contributed by atoms with van der Waals surface area (Å²) in [5.41, 5.74) is 0.697. The van der Waals surface area contributed by atoms with Crippen LogP contribution in [0.1, 0.15) is 20.3 Å². The van der Waals surface area contributed by atoms with E-state index >= 15 is 0 Å². The van der Waals surface area contributed by atoms with Crippen LogP contribution in [0.25, 0.3) is 5.65 Å². The van der Waals surface area contributed by atoms with Crippen molar-refractivity contribution in [1.82, 2.24) is 14.3 Å². The number of fused-ring (bicyclic) bond motifs is 1. The number of anilines is 1. The molecule has 2 aromatic heterocycles. The fourth-order valence-electron chi connectivity index (χ4n) is 3.03. The molecule has 0 N–H and O–H groups in total. The smallest absolute Gasteiger partial charge is 0.259 e. The molecule has 1 aliphatic heterocycles. The lowest BCUT2D eigenvalue weighted by molar-refractivity contribution is 0.189. The van der Waals surface area contributed by atoms with Crippen molar-refractivity contribution in [3.63, 3.8) is 0 Å². The van der Waals surface area contributed by atoms with Crippen molar-refractivity contribution in [3.8, 4) is 0 Å². The van der Waals surface area contributed by atoms with Crippen molar-refractivity contribution in [2.75, 3.05) is 31.1 Å². The van der Waals surface area contributed by atoms with Gasteiger partial charge in [-0.05, 0) is 32.0 Å². The van der Waals surface area contributed by atoms with E-state index in [0.29, 0.717) is 11.7 Å². The molecule has 5 nitrogen and oxygen atoms in total. The summed E-state index contributed by atoms with van der Waals surface area (Å²) in [7, 11) is 0. The van der Waals surface area contributed by atoms with Gasteiger partial charge in [0.25, 0.3) is 5.56 Å². The lowest BCUT2D eigenvalue weighted by Crippen LogP contribution is -2.52. The number of nitrogens with zero attached hydrogens (tertiary/aromatic N) is 4. The SMILES string of the molecule is CCCN1CCN(c2cc(=O)n3ccccc3n2)C[C@H]1C. The van der Waals surface area contributed by atoms with Gasteiger partial charge in [0.15, 0.2) is 0 Å². The summed E-state index contributed by atoms with van der Waals surface area (Å²) in [6.45, 7) is 8.49. The van der Waals surface area contributed by atoms with Crippen molar-refractivity contribution >= 4 is 11.5 Å². The van der Waals surface area contributed by atoms with Gasteiger partial charge in [-0.3, -0.25) is 14.1 Å². The van der Waals surface area contributed by atoms with Gasteiger partial charge in [0, 0.05) is 37.9 Å². The van der Waals surface area contributed by atoms with Gasteiger partial charge >= 0.3 is 0 Å². The monoisotopic (exact) mass is 286 g/mol. The highest BCUT2D eigenvalue weighted by Gasteiger charge is 2.24. The Kier molecular flexibility index (Phi) is 3.92. The molecular weight excluding hydrogens is 264 g/mol. The largest absolute Gasteiger partial charge is 0.354 e. The van der Waals surface area contributed by atoms with Gasteiger partial charge in [0.05, 0.1) is 0 Å². The molecule has 1 saturated heterocycles. The second-order valence-electron chi connectivity index (χ2n) is 5.71. The Morgan fingerprint density at radius 2 is 2.19 bits per heavy atom. The number of rotatable bonds is 3. The van der Waals surface area contributed by atoms with Crippen LogP contribution < -0.4 is 10.5 Å². The summed E-state index contributed by atoms with van der Waals surface area (Å²) in [5, 5.41) is 0. The molecule has 21 heavy (non-hydrogen) atoms. The van der Waals surface area contributed by atoms with E-state index in [9.17, 15) is 4.79 Å². The Hall–Kier alpha value is -1.88. The third-order valence-electron chi connectivity index (χ3n) is 4.16. The predicted octanol–water partition coefficient (Wildman–Crippen LogP) is 1.62. The van der Waals surface area contributed by atoms with E-state index in [1.165, 1.54) is 6.42 Å². The Balaban J connectivity index is 1.86. The van der Waals surface area contributed by atoms with Gasteiger partial charge in [-0.15, -0.1) is 0 Å². The fourth-order valence-corrected chi connectivity index (χ4v) is 3.03. The van der Waals surface area contributed by atoms with Crippen LogP contribution in [0.15, 0.2) is 35.3 Å². The molecule has 0 aromatic carbocycles. The summed E-state index contributed by atoms with van der Waals surface area (Å²) in [6, 6.07) is 7.78. The van der Waals surface area contributed by atoms with Crippen LogP contribution >= 0.6 is 0 Å². The molecule has 2 aromatic rings. The molecule has 0 aliphatic carbocycles. The first kappa shape index (κ1) is 14.1. The third kappa shape index (κ3) is 2.78. The Labute approximate surface area is 124 Å². The first-order valence-corrected chi connectivity index (χ1v) is 7.66. The lowest BCUT2D eigenvalue weighted by atomic mass is 10.2. The minimum atomic E-state index is -0.0146. The van der Waals surface area contributed by atoms with Crippen molar-refractivity contribution in [1.29, 1.82) is 0 Å². The lowest BCUT2D eigenvalue weighted by Gasteiger charge is -2.40. The fraction of sp³-hybridized carbons (Fsp3) is 0.500. The van der Waals surface area contributed by atoms with Crippen LogP contribution in [0.2, 0.25) is 0 Å². The van der Waals surface area contributed by atoms with Crippen LogP contribution in [0.3, 0.4) is 0 Å². The summed E-state index contributed by atoms with van der Waals surface area (Å²) in [5.74, 6) is 0.800. The maximum atomic E-state index is 12.2. The van der Waals surface area contributed by atoms with Gasteiger partial charge in [0.2, 0.25) is 0 Å². The molecule has 1 atom stereocenters. The quantitative estimate of drug-likeness (QED) is 0.859. The van der Waals surface area contributed by atoms with Crippen LogP contribution in [0.5, 0.6) is 0 Å². The van der Waals surface area contributed by atoms with E-state index in [1.807, 2.05) is 18.2 Å². The van der Waals surface area contributed by atoms with Crippen molar-refractivity contribution < 1.29 is 0 Å². The molecule has 3 heterocycles. The number of aromatic nitrogens is 2. The molecule has 112 valence electrons. The molecule has 0 spiro atoms. The Bertz CT molecular complexity index is 681. The zero-order valence-corrected chi connectivity index (χ0v) is 12.7. The van der Waals surface area contributed by atoms with E-state index in [1.54, 1.807) is 16.7 Å². The first-order chi connectivity index (χ1) is 10.2. The molecule has 3 rings (SSSR count). The van der Waals surface area contributed by atoms with Gasteiger partial charge in [-0.25, -0.2) is 4.98 Å². The third-order valence-corrected chi connectivity index (χ3v) is 4.16. The Morgan fingerprint density at radius 3 is 2.95 bits per heavy atom. The Morgan fingerprint density at radius 1 is 1.33 bits per heavy atom. The van der Waals surface area contributed by atoms with Gasteiger partial charge in [-0.1, -0.05) is 13.0 Å². The molecule has 5 heteroatoms. The molecular formula is C16H22N4O. The van der Waals surface area contributed by atoms with E-state index in [2.05, 4.69) is 28.6 Å². The van der Waals surface area contributed by atoms with Gasteiger partial charge < -0.3 is 4.90 Å². The van der Waals surface area contributed by atoms with E-state index < -0.39 is 0 Å². The molecule has 0 bridgehead atoms. The zero-order valence-electron chi connectivity index (χ0n) is 12.7. The average Bonchev–Trinajstić information content (AvgIpc) is 2.49. The highest BCUT2D eigenvalue weighted by atomic mass is 16.1. The standard InChI is InChI=1S/C16H22N4O/c1-3-7-18-9-10-19(12-13(18)2)15-11-16(21)20-8-5-4-6-14(20)17-15/h4-6,8,11,13H,3,7,9-10,12H2,1-2H3/t13-/m1/s1. The summed E-state index contributed by atoms with van der Waals surface area (Å²) in [4.78, 5) is 21.5. The summed E-state index contributed by atoms with van der Waals surface area (Å²) < 4.78 is 1.58. The normalized spacial score (nSPS) is 20.1. The number of piperazine rings is 1. The van der Waals surface area contributed by atoms with Crippen LogP contribution in [0, 0.1) is 0 Å². The number of hydrogen-bond donors (Lipinski definition) is 0. The molecule has 1 aliphatic rings. The van der Waals surface area contributed by atoms with Gasteiger partial charge in [0.1, 0.15) is 11.5 Å². The molecule has 0 saturated carbocycles. The molecule has 0 radical (unpaired) electrons. The zero-order chi connectivity index (χ0) is 14.8. The molecule has 0 amide bonds. The van der Waals surface area contributed by atoms with E-state index in [4.69, 9.17) is 0 Å². The van der Waals surface area contributed by atoms with Crippen molar-refractivity contribution in [2.45, 2.75) is 26.3 Å². The number of pyridine rings is 1. The maximum Gasteiger partial charge on any atom is 0.259 e. The molecule has 1 fully saturated rings. The second-order valence-corrected chi connectivity index (χ2v) is 5.71. The molecule has 0 unspecified atom stereocenters. The minimum absolute atomic E-state index is 0.0146. The maximum absolute atomic E-state index is 12.2. The first-order valence-electron chi connectivity index (χ1n) is 7.66. The topological polar surface area (TPSA) is 40.9 Å². The number of hydrogen-bond acceptors (Lipinski definition) is 4. The van der Waals surface area contributed by atoms with Gasteiger partial charge in [-0.2, -0.15) is 0 Å². The van der Waals surface area contributed by atoms with Crippen molar-refractivity contribution in [3.05, 3.63) is 40.8 Å². The minimum Gasteiger partial charge on any atom is -0.354 e. The van der Waals surface area contributed by atoms with E-state index in [-0.39, 0.29) is 5.56 Å². The highest BCUT2D eigenvalue weighted by molar-refractivity contribution is 5.48. The van der Waals surface area contributed by atoms with Crippen LogP contribution in [-0.4, -0.2) is 46.5 Å². The van der Waals surface area contributed by atoms with Crippen LogP contribution in [0.4, 0.5) is 5.82 Å². The van der Waals surface area contributed by atoms with E-state index in [0.717, 1.165) is 32.0 Å². The van der Waals surface area contributed by atoms with Crippen LogP contribution in [-0.2, 0) is 0 Å². The second kappa shape index (κ2) is 5.85. The average molecular weight is 286 g/mol. The summed E-state index contributed by atoms with van der Waals surface area (Å²) >= 11 is 0. The summed E-state index contributed by atoms with van der Waals surface area (Å²) in [6.07, 6.45) is 2.94. The predicted molar refractivity (Wildman–Crippen MR) is 85.0 cm³/mol. The highest BCUT2D eigenvalue weighted by Crippen LogP contribution is 2.16. The van der Waals surface area contributed by atoms with Crippen molar-refractivity contribution in [2.24, 2.45) is 0 Å².